The highest BCUT2D eigenvalue weighted by Gasteiger charge is 2.15. The van der Waals surface area contributed by atoms with E-state index in [0.29, 0.717) is 5.02 Å². The predicted molar refractivity (Wildman–Crippen MR) is 46.6 cm³/mol. The Bertz CT molecular complexity index is 285. The zero-order chi connectivity index (χ0) is 9.19. The van der Waals surface area contributed by atoms with E-state index in [9.17, 15) is 10.1 Å². The summed E-state index contributed by atoms with van der Waals surface area (Å²) in [5, 5.41) is 13.6. The van der Waals surface area contributed by atoms with Crippen LogP contribution in [-0.2, 0) is 0 Å². The van der Waals surface area contributed by atoms with Gasteiger partial charge < -0.3 is 5.21 Å². The van der Waals surface area contributed by atoms with Crippen molar-refractivity contribution in [2.24, 2.45) is 11.1 Å². The van der Waals surface area contributed by atoms with Crippen LogP contribution in [0.5, 0.6) is 0 Å². The fraction of sp³-hybridized carbons (Fsp3) is 0. The van der Waals surface area contributed by atoms with Gasteiger partial charge in [0.15, 0.2) is 11.0 Å². The molecule has 1 aromatic rings. The van der Waals surface area contributed by atoms with E-state index in [-0.39, 0.29) is 5.69 Å². The number of halogens is 1. The molecule has 0 heterocycles. The van der Waals surface area contributed by atoms with Crippen LogP contribution in [0.2, 0.25) is 5.02 Å². The van der Waals surface area contributed by atoms with E-state index in [4.69, 9.17) is 17.4 Å². The minimum absolute atomic E-state index is 0.0365. The molecule has 0 radical (unpaired) electrons. The first-order valence-electron chi connectivity index (χ1n) is 3.06. The van der Waals surface area contributed by atoms with Gasteiger partial charge in [0.05, 0.1) is 0 Å². The van der Waals surface area contributed by atoms with E-state index < -0.39 is 4.86 Å². The van der Waals surface area contributed by atoms with Gasteiger partial charge in [0.2, 0.25) is 0 Å². The van der Waals surface area contributed by atoms with Crippen molar-refractivity contribution in [2.45, 2.75) is 0 Å². The lowest BCUT2D eigenvalue weighted by atomic mass is 10.3. The third-order valence-corrected chi connectivity index (χ3v) is 1.57. The molecule has 1 atom stereocenters. The average Bonchev–Trinajstić information content (AvgIpc) is 2.05. The van der Waals surface area contributed by atoms with Crippen LogP contribution >= 0.6 is 11.6 Å². The number of rotatable bonds is 2. The molecule has 0 aliphatic heterocycles. The lowest BCUT2D eigenvalue weighted by Crippen LogP contribution is -2.44. The number of hydrogen-bond donors (Lipinski definition) is 1. The maximum Gasteiger partial charge on any atom is 0.182 e. The molecular weight excluding hydrogens is 182 g/mol. The van der Waals surface area contributed by atoms with Gasteiger partial charge in [-0.25, -0.2) is 0 Å². The quantitative estimate of drug-likeness (QED) is 0.331. The summed E-state index contributed by atoms with van der Waals surface area (Å²) in [6.45, 7) is 0. The van der Waals surface area contributed by atoms with E-state index in [1.807, 2.05) is 0 Å². The summed E-state index contributed by atoms with van der Waals surface area (Å²) < 4.78 is 0. The summed E-state index contributed by atoms with van der Waals surface area (Å²) in [6.07, 6.45) is 0. The SMILES string of the molecule is N[N+]([O-])(N=O)c1ccc(Cl)cc1. The number of quaternary nitrogens is 1. The van der Waals surface area contributed by atoms with Crippen LogP contribution < -0.4 is 10.7 Å². The number of benzene rings is 1. The van der Waals surface area contributed by atoms with Crippen molar-refractivity contribution in [3.8, 4) is 0 Å². The second-order valence-corrected chi connectivity index (χ2v) is 2.62. The maximum absolute atomic E-state index is 11.0. The van der Waals surface area contributed by atoms with Crippen molar-refractivity contribution >= 4 is 17.3 Å². The normalized spacial score (nSPS) is 15.2. The Balaban J connectivity index is 3.04. The van der Waals surface area contributed by atoms with Crippen molar-refractivity contribution in [1.82, 2.24) is 4.86 Å². The molecule has 12 heavy (non-hydrogen) atoms. The van der Waals surface area contributed by atoms with Gasteiger partial charge in [-0.1, -0.05) is 21.4 Å². The summed E-state index contributed by atoms with van der Waals surface area (Å²) in [6, 6.07) is 5.60. The van der Waals surface area contributed by atoms with Crippen molar-refractivity contribution in [1.29, 1.82) is 0 Å². The number of nitrogens with zero attached hydrogens (tertiary/aromatic N) is 2. The first-order chi connectivity index (χ1) is 5.56. The summed E-state index contributed by atoms with van der Waals surface area (Å²) in [4.78, 5) is 8.18. The van der Waals surface area contributed by atoms with Gasteiger partial charge in [0, 0.05) is 17.2 Å². The summed E-state index contributed by atoms with van der Waals surface area (Å²) >= 11 is 5.55. The largest absolute Gasteiger partial charge is 0.577 e. The van der Waals surface area contributed by atoms with Crippen LogP contribution in [0, 0.1) is 10.1 Å². The molecule has 0 amide bonds. The smallest absolute Gasteiger partial charge is 0.182 e. The Labute approximate surface area is 73.4 Å². The summed E-state index contributed by atoms with van der Waals surface area (Å²) in [5.74, 6) is 4.95. The zero-order valence-electron chi connectivity index (χ0n) is 5.98. The first-order valence-corrected chi connectivity index (χ1v) is 3.44. The fourth-order valence-corrected chi connectivity index (χ4v) is 0.828. The molecule has 1 aromatic carbocycles. The molecule has 0 bridgehead atoms. The summed E-state index contributed by atoms with van der Waals surface area (Å²) in [5.41, 5.74) is 0.0365. The van der Waals surface area contributed by atoms with Crippen LogP contribution in [0.3, 0.4) is 0 Å². The van der Waals surface area contributed by atoms with Gasteiger partial charge in [-0.15, -0.1) is 5.84 Å². The third-order valence-electron chi connectivity index (χ3n) is 1.32. The molecule has 1 unspecified atom stereocenters. The van der Waals surface area contributed by atoms with Crippen molar-refractivity contribution in [3.05, 3.63) is 39.4 Å². The van der Waals surface area contributed by atoms with Gasteiger partial charge in [-0.3, -0.25) is 0 Å². The zero-order valence-corrected chi connectivity index (χ0v) is 6.73. The highest BCUT2D eigenvalue weighted by molar-refractivity contribution is 6.30. The second kappa shape index (κ2) is 3.16. The second-order valence-electron chi connectivity index (χ2n) is 2.18. The Hall–Kier alpha value is -1.01. The number of nitrogens with two attached hydrogens (primary N) is 1. The Morgan fingerprint density at radius 3 is 2.33 bits per heavy atom. The molecule has 6 heteroatoms. The van der Waals surface area contributed by atoms with E-state index in [2.05, 4.69) is 5.29 Å². The highest BCUT2D eigenvalue weighted by Crippen LogP contribution is 2.20. The lowest BCUT2D eigenvalue weighted by molar-refractivity contribution is 0.405. The minimum Gasteiger partial charge on any atom is -0.577 e. The molecule has 0 aromatic heterocycles. The van der Waals surface area contributed by atoms with Crippen molar-refractivity contribution < 1.29 is 0 Å². The average molecular weight is 188 g/mol. The first kappa shape index (κ1) is 9.08. The minimum atomic E-state index is -1.78. The molecule has 0 saturated carbocycles. The molecule has 0 spiro atoms. The van der Waals surface area contributed by atoms with E-state index in [1.165, 1.54) is 24.3 Å². The highest BCUT2D eigenvalue weighted by atomic mass is 35.5. The van der Waals surface area contributed by atoms with Gasteiger partial charge in [-0.05, 0) is 12.1 Å². The third kappa shape index (κ3) is 1.77. The van der Waals surface area contributed by atoms with Crippen LogP contribution in [-0.4, -0.2) is 0 Å². The molecule has 0 aliphatic carbocycles. The monoisotopic (exact) mass is 187 g/mol. The predicted octanol–water partition coefficient (Wildman–Crippen LogP) is 1.70. The number of nitroso groups, excluding NO2 is 1. The van der Waals surface area contributed by atoms with Gasteiger partial charge in [0.1, 0.15) is 0 Å². The maximum atomic E-state index is 11.0. The van der Waals surface area contributed by atoms with E-state index in [0.717, 1.165) is 0 Å². The van der Waals surface area contributed by atoms with Crippen LogP contribution in [0.25, 0.3) is 0 Å². The molecule has 5 nitrogen and oxygen atoms in total. The van der Waals surface area contributed by atoms with Gasteiger partial charge >= 0.3 is 0 Å². The van der Waals surface area contributed by atoms with Crippen LogP contribution in [0.15, 0.2) is 29.6 Å². The Kier molecular flexibility index (Phi) is 2.39. The van der Waals surface area contributed by atoms with Crippen LogP contribution in [0.1, 0.15) is 0 Å². The Morgan fingerprint density at radius 2 is 1.92 bits per heavy atom. The topological polar surface area (TPSA) is 78.5 Å². The van der Waals surface area contributed by atoms with E-state index in [1.54, 1.807) is 0 Å². The standard InChI is InChI=1S/C6H6ClN3O2/c7-5-1-3-6(4-2-5)10(8,12)9-11/h1-4H,8H2. The van der Waals surface area contributed by atoms with Crippen molar-refractivity contribution in [2.75, 3.05) is 0 Å². The van der Waals surface area contributed by atoms with Crippen molar-refractivity contribution in [3.63, 3.8) is 0 Å². The van der Waals surface area contributed by atoms with Gasteiger partial charge in [0.25, 0.3) is 0 Å². The van der Waals surface area contributed by atoms with Gasteiger partial charge in [-0.2, -0.15) is 0 Å². The molecule has 1 rings (SSSR count). The molecule has 64 valence electrons. The molecule has 0 aliphatic rings. The Morgan fingerprint density at radius 1 is 1.42 bits per heavy atom. The van der Waals surface area contributed by atoms with Crippen LogP contribution in [0.4, 0.5) is 5.69 Å². The van der Waals surface area contributed by atoms with E-state index >= 15 is 0 Å². The summed E-state index contributed by atoms with van der Waals surface area (Å²) in [7, 11) is 0. The molecule has 0 fully saturated rings. The lowest BCUT2D eigenvalue weighted by Gasteiger charge is -2.23. The fourth-order valence-electron chi connectivity index (χ4n) is 0.702. The molecule has 0 saturated heterocycles. The molecule has 2 N–H and O–H groups in total. The number of hydrogen-bond acceptors (Lipinski definition) is 4. The molecular formula is C6H6ClN3O2.